The van der Waals surface area contributed by atoms with Crippen molar-refractivity contribution in [3.63, 3.8) is 0 Å². The van der Waals surface area contributed by atoms with Crippen molar-refractivity contribution in [3.8, 4) is 5.75 Å². The Morgan fingerprint density at radius 2 is 2.00 bits per heavy atom. The predicted octanol–water partition coefficient (Wildman–Crippen LogP) is 3.53. The zero-order valence-electron chi connectivity index (χ0n) is 11.9. The molecule has 0 bridgehead atoms. The molecule has 1 aromatic carbocycles. The van der Waals surface area contributed by atoms with Crippen LogP contribution in [0.5, 0.6) is 5.75 Å². The third kappa shape index (κ3) is 3.26. The molecule has 1 saturated carbocycles. The SMILES string of the molecule is COc1cccc([C@H]2CCCC[C@H]2CN(C)C)c1. The molecule has 2 nitrogen and oxygen atoms in total. The first-order valence-electron chi connectivity index (χ1n) is 6.99. The summed E-state index contributed by atoms with van der Waals surface area (Å²) in [6.45, 7) is 1.20. The number of benzene rings is 1. The molecular formula is C16H25NO. The summed E-state index contributed by atoms with van der Waals surface area (Å²) in [5.74, 6) is 2.48. The van der Waals surface area contributed by atoms with Gasteiger partial charge in [-0.25, -0.2) is 0 Å². The third-order valence-electron chi connectivity index (χ3n) is 4.03. The second-order valence-electron chi connectivity index (χ2n) is 5.69. The molecule has 2 rings (SSSR count). The monoisotopic (exact) mass is 247 g/mol. The van der Waals surface area contributed by atoms with Crippen molar-refractivity contribution in [1.82, 2.24) is 4.90 Å². The quantitative estimate of drug-likeness (QED) is 0.807. The Balaban J connectivity index is 2.16. The van der Waals surface area contributed by atoms with Crippen molar-refractivity contribution in [3.05, 3.63) is 29.8 Å². The van der Waals surface area contributed by atoms with E-state index in [0.29, 0.717) is 5.92 Å². The largest absolute Gasteiger partial charge is 0.497 e. The van der Waals surface area contributed by atoms with Crippen molar-refractivity contribution < 1.29 is 4.74 Å². The Bertz CT molecular complexity index is 375. The molecule has 1 fully saturated rings. The summed E-state index contributed by atoms with van der Waals surface area (Å²) in [5, 5.41) is 0. The molecule has 1 aliphatic rings. The number of hydrogen-bond donors (Lipinski definition) is 0. The van der Waals surface area contributed by atoms with E-state index in [1.54, 1.807) is 7.11 Å². The fourth-order valence-electron chi connectivity index (χ4n) is 3.21. The van der Waals surface area contributed by atoms with Gasteiger partial charge in [-0.3, -0.25) is 0 Å². The summed E-state index contributed by atoms with van der Waals surface area (Å²) in [5.41, 5.74) is 1.46. The van der Waals surface area contributed by atoms with Gasteiger partial charge in [0.25, 0.3) is 0 Å². The highest BCUT2D eigenvalue weighted by atomic mass is 16.5. The van der Waals surface area contributed by atoms with Crippen LogP contribution in [-0.4, -0.2) is 32.6 Å². The molecule has 1 aliphatic carbocycles. The van der Waals surface area contributed by atoms with E-state index in [4.69, 9.17) is 4.74 Å². The summed E-state index contributed by atoms with van der Waals surface area (Å²) in [7, 11) is 6.10. The number of ether oxygens (including phenoxy) is 1. The van der Waals surface area contributed by atoms with E-state index in [2.05, 4.69) is 37.2 Å². The maximum atomic E-state index is 5.35. The van der Waals surface area contributed by atoms with E-state index in [1.807, 2.05) is 6.07 Å². The standard InChI is InChI=1S/C16H25NO/c1-17(2)12-14-7-4-5-10-16(14)13-8-6-9-15(11-13)18-3/h6,8-9,11,14,16H,4-5,7,10,12H2,1-3H3/t14-,16+/m0/s1. The van der Waals surface area contributed by atoms with Crippen molar-refractivity contribution >= 4 is 0 Å². The first-order valence-corrected chi connectivity index (χ1v) is 6.99. The maximum absolute atomic E-state index is 5.35. The molecule has 0 amide bonds. The number of hydrogen-bond acceptors (Lipinski definition) is 2. The van der Waals surface area contributed by atoms with Gasteiger partial charge in [0.1, 0.15) is 5.75 Å². The lowest BCUT2D eigenvalue weighted by Crippen LogP contribution is -2.28. The minimum Gasteiger partial charge on any atom is -0.497 e. The average Bonchev–Trinajstić information content (AvgIpc) is 2.39. The van der Waals surface area contributed by atoms with E-state index in [1.165, 1.54) is 37.8 Å². The number of methoxy groups -OCH3 is 1. The van der Waals surface area contributed by atoms with Crippen LogP contribution in [0.4, 0.5) is 0 Å². The molecule has 0 unspecified atom stereocenters. The molecular weight excluding hydrogens is 222 g/mol. The van der Waals surface area contributed by atoms with Crippen LogP contribution in [0.25, 0.3) is 0 Å². The van der Waals surface area contributed by atoms with E-state index in [0.717, 1.165) is 11.7 Å². The van der Waals surface area contributed by atoms with E-state index in [9.17, 15) is 0 Å². The van der Waals surface area contributed by atoms with Gasteiger partial charge in [-0.2, -0.15) is 0 Å². The highest BCUT2D eigenvalue weighted by Gasteiger charge is 2.26. The molecule has 0 heterocycles. The Kier molecular flexibility index (Phi) is 4.65. The fourth-order valence-corrected chi connectivity index (χ4v) is 3.21. The molecule has 0 radical (unpaired) electrons. The van der Waals surface area contributed by atoms with E-state index < -0.39 is 0 Å². The van der Waals surface area contributed by atoms with E-state index in [-0.39, 0.29) is 0 Å². The summed E-state index contributed by atoms with van der Waals surface area (Å²) < 4.78 is 5.35. The van der Waals surface area contributed by atoms with Crippen molar-refractivity contribution in [2.24, 2.45) is 5.92 Å². The molecule has 2 atom stereocenters. The van der Waals surface area contributed by atoms with Gasteiger partial charge in [0.15, 0.2) is 0 Å². The van der Waals surface area contributed by atoms with Crippen LogP contribution in [0.2, 0.25) is 0 Å². The molecule has 0 aliphatic heterocycles. The lowest BCUT2D eigenvalue weighted by Gasteiger charge is -2.34. The molecule has 0 aromatic heterocycles. The fraction of sp³-hybridized carbons (Fsp3) is 0.625. The minimum atomic E-state index is 0.705. The third-order valence-corrected chi connectivity index (χ3v) is 4.03. The number of nitrogens with zero attached hydrogens (tertiary/aromatic N) is 1. The first kappa shape index (κ1) is 13.4. The molecule has 0 N–H and O–H groups in total. The van der Waals surface area contributed by atoms with Gasteiger partial charge in [-0.1, -0.05) is 25.0 Å². The first-order chi connectivity index (χ1) is 8.70. The minimum absolute atomic E-state index is 0.705. The Morgan fingerprint density at radius 1 is 1.22 bits per heavy atom. The maximum Gasteiger partial charge on any atom is 0.119 e. The Labute approximate surface area is 111 Å². The van der Waals surface area contributed by atoms with Gasteiger partial charge in [-0.15, -0.1) is 0 Å². The molecule has 100 valence electrons. The van der Waals surface area contributed by atoms with Crippen molar-refractivity contribution in [2.75, 3.05) is 27.7 Å². The van der Waals surface area contributed by atoms with Crippen LogP contribution in [0, 0.1) is 5.92 Å². The summed E-state index contributed by atoms with van der Waals surface area (Å²) in [6.07, 6.45) is 5.44. The Morgan fingerprint density at radius 3 is 2.72 bits per heavy atom. The molecule has 0 spiro atoms. The van der Waals surface area contributed by atoms with Gasteiger partial charge in [0, 0.05) is 6.54 Å². The normalized spacial score (nSPS) is 24.2. The van der Waals surface area contributed by atoms with Crippen LogP contribution in [0.15, 0.2) is 24.3 Å². The molecule has 2 heteroatoms. The van der Waals surface area contributed by atoms with Gasteiger partial charge in [0.2, 0.25) is 0 Å². The average molecular weight is 247 g/mol. The molecule has 1 aromatic rings. The number of rotatable bonds is 4. The van der Waals surface area contributed by atoms with Gasteiger partial charge in [-0.05, 0) is 56.5 Å². The van der Waals surface area contributed by atoms with Crippen LogP contribution >= 0.6 is 0 Å². The second-order valence-corrected chi connectivity index (χ2v) is 5.69. The smallest absolute Gasteiger partial charge is 0.119 e. The molecule has 0 saturated heterocycles. The molecule has 18 heavy (non-hydrogen) atoms. The summed E-state index contributed by atoms with van der Waals surface area (Å²) in [6, 6.07) is 8.64. The van der Waals surface area contributed by atoms with Crippen molar-refractivity contribution in [2.45, 2.75) is 31.6 Å². The van der Waals surface area contributed by atoms with Gasteiger partial charge >= 0.3 is 0 Å². The highest BCUT2D eigenvalue weighted by Crippen LogP contribution is 2.38. The zero-order chi connectivity index (χ0) is 13.0. The topological polar surface area (TPSA) is 12.5 Å². The van der Waals surface area contributed by atoms with Crippen LogP contribution in [0.1, 0.15) is 37.2 Å². The Hall–Kier alpha value is -1.02. The summed E-state index contributed by atoms with van der Waals surface area (Å²) >= 11 is 0. The zero-order valence-corrected chi connectivity index (χ0v) is 11.9. The van der Waals surface area contributed by atoms with E-state index >= 15 is 0 Å². The lowest BCUT2D eigenvalue weighted by molar-refractivity contribution is 0.233. The lowest BCUT2D eigenvalue weighted by atomic mass is 9.75. The predicted molar refractivity (Wildman–Crippen MR) is 76.2 cm³/mol. The van der Waals surface area contributed by atoms with Crippen LogP contribution in [0.3, 0.4) is 0 Å². The second kappa shape index (κ2) is 6.24. The summed E-state index contributed by atoms with van der Waals surface area (Å²) in [4.78, 5) is 2.32. The van der Waals surface area contributed by atoms with Crippen molar-refractivity contribution in [1.29, 1.82) is 0 Å². The van der Waals surface area contributed by atoms with Gasteiger partial charge < -0.3 is 9.64 Å². The highest BCUT2D eigenvalue weighted by molar-refractivity contribution is 5.31. The van der Waals surface area contributed by atoms with Gasteiger partial charge in [0.05, 0.1) is 7.11 Å². The van der Waals surface area contributed by atoms with Crippen LogP contribution < -0.4 is 4.74 Å². The van der Waals surface area contributed by atoms with Crippen LogP contribution in [-0.2, 0) is 0 Å².